The number of hydrogen-bond donors (Lipinski definition) is 4. The molecule has 7 nitrogen and oxygen atoms in total. The fourth-order valence-corrected chi connectivity index (χ4v) is 5.26. The zero-order valence-corrected chi connectivity index (χ0v) is 25.3. The van der Waals surface area contributed by atoms with Crippen molar-refractivity contribution >= 4 is 17.5 Å². The van der Waals surface area contributed by atoms with Crippen LogP contribution in [0.5, 0.6) is 0 Å². The first-order chi connectivity index (χ1) is 18.7. The van der Waals surface area contributed by atoms with Crippen LogP contribution in [0.2, 0.25) is 0 Å². The lowest BCUT2D eigenvalue weighted by atomic mass is 9.74. The molecule has 0 heterocycles. The summed E-state index contributed by atoms with van der Waals surface area (Å²) in [5, 5.41) is 31.7. The molecular weight excluding hydrogens is 494 g/mol. The van der Waals surface area contributed by atoms with Gasteiger partial charge in [-0.05, 0) is 12.8 Å². The zero-order chi connectivity index (χ0) is 29.4. The van der Waals surface area contributed by atoms with E-state index >= 15 is 0 Å². The number of carbonyl (C=O) groups is 3. The highest BCUT2D eigenvalue weighted by Crippen LogP contribution is 2.29. The minimum absolute atomic E-state index is 0.143. The summed E-state index contributed by atoms with van der Waals surface area (Å²) >= 11 is 0. The Bertz CT molecular complexity index is 655. The van der Waals surface area contributed by atoms with Gasteiger partial charge in [0, 0.05) is 12.8 Å². The number of ketones is 2. The molecule has 0 bridgehead atoms. The number of Topliss-reactive ketones (excluding diaryl/α,β-unsaturated/α-hetero) is 2. The van der Waals surface area contributed by atoms with Gasteiger partial charge in [0.2, 0.25) is 5.60 Å². The van der Waals surface area contributed by atoms with Crippen molar-refractivity contribution < 1.29 is 29.7 Å². The highest BCUT2D eigenvalue weighted by Gasteiger charge is 2.62. The molecule has 1 amide bonds. The Morgan fingerprint density at radius 3 is 1.08 bits per heavy atom. The van der Waals surface area contributed by atoms with E-state index in [-0.39, 0.29) is 12.8 Å². The number of aliphatic hydroxyl groups is 3. The summed E-state index contributed by atoms with van der Waals surface area (Å²) < 4.78 is 0. The van der Waals surface area contributed by atoms with E-state index in [0.717, 1.165) is 51.4 Å². The second kappa shape index (κ2) is 23.4. The van der Waals surface area contributed by atoms with E-state index in [1.54, 1.807) is 0 Å². The Kier molecular flexibility index (Phi) is 22.6. The monoisotopic (exact) mass is 555 g/mol. The topological polar surface area (TPSA) is 138 Å². The van der Waals surface area contributed by atoms with Gasteiger partial charge in [0.1, 0.15) is 0 Å². The lowest BCUT2D eigenvalue weighted by Gasteiger charge is -2.37. The van der Waals surface area contributed by atoms with Crippen molar-refractivity contribution in [3.05, 3.63) is 0 Å². The van der Waals surface area contributed by atoms with E-state index in [2.05, 4.69) is 13.8 Å². The van der Waals surface area contributed by atoms with Gasteiger partial charge in [-0.1, -0.05) is 142 Å². The first-order valence-electron chi connectivity index (χ1n) is 16.1. The maximum absolute atomic E-state index is 12.9. The van der Waals surface area contributed by atoms with Crippen molar-refractivity contribution in [2.45, 2.75) is 179 Å². The third-order valence-corrected chi connectivity index (χ3v) is 8.06. The number of unbranched alkanes of at least 4 members (excludes halogenated alkanes) is 20. The molecule has 0 aromatic carbocycles. The van der Waals surface area contributed by atoms with Crippen LogP contribution in [0.25, 0.3) is 0 Å². The van der Waals surface area contributed by atoms with Gasteiger partial charge in [-0.3, -0.25) is 14.4 Å². The average Bonchev–Trinajstić information content (AvgIpc) is 2.93. The maximum atomic E-state index is 12.9. The Labute approximate surface area is 238 Å². The van der Waals surface area contributed by atoms with Crippen LogP contribution in [0.1, 0.15) is 168 Å². The standard InChI is InChI=1S/C32H61NO6/c1-3-5-7-9-11-13-15-17-19-21-23-25-28(35)31(38,27-34)32(39,30(33)37)29(36)26-24-22-20-18-16-14-12-10-8-6-4-2/h34,38-39H,3-27H2,1-2H3,(H2,33,37). The van der Waals surface area contributed by atoms with Crippen molar-refractivity contribution in [1.82, 2.24) is 0 Å². The van der Waals surface area contributed by atoms with E-state index < -0.39 is 35.3 Å². The zero-order valence-electron chi connectivity index (χ0n) is 25.3. The molecule has 2 unspecified atom stereocenters. The van der Waals surface area contributed by atoms with Crippen molar-refractivity contribution in [2.75, 3.05) is 6.61 Å². The van der Waals surface area contributed by atoms with Crippen LogP contribution in [0, 0.1) is 0 Å². The van der Waals surface area contributed by atoms with E-state index in [4.69, 9.17) is 5.73 Å². The minimum atomic E-state index is -3.13. The first-order valence-corrected chi connectivity index (χ1v) is 16.1. The quantitative estimate of drug-likeness (QED) is 0.0617. The third-order valence-electron chi connectivity index (χ3n) is 8.06. The largest absolute Gasteiger partial charge is 0.393 e. The van der Waals surface area contributed by atoms with Crippen LogP contribution >= 0.6 is 0 Å². The van der Waals surface area contributed by atoms with Crippen LogP contribution in [0.3, 0.4) is 0 Å². The van der Waals surface area contributed by atoms with Crippen molar-refractivity contribution in [3.8, 4) is 0 Å². The Morgan fingerprint density at radius 2 is 0.795 bits per heavy atom. The fourth-order valence-electron chi connectivity index (χ4n) is 5.26. The van der Waals surface area contributed by atoms with Crippen LogP contribution in [0.4, 0.5) is 0 Å². The highest BCUT2D eigenvalue weighted by atomic mass is 16.4. The van der Waals surface area contributed by atoms with E-state index in [1.165, 1.54) is 77.0 Å². The van der Waals surface area contributed by atoms with Crippen LogP contribution < -0.4 is 5.73 Å². The molecule has 0 saturated heterocycles. The molecule has 0 rings (SSSR count). The molecule has 39 heavy (non-hydrogen) atoms. The normalized spacial score (nSPS) is 14.6. The van der Waals surface area contributed by atoms with Crippen molar-refractivity contribution in [3.63, 3.8) is 0 Å². The van der Waals surface area contributed by atoms with Gasteiger partial charge < -0.3 is 21.1 Å². The SMILES string of the molecule is CCCCCCCCCCCCCC(=O)C(O)(CO)C(O)(C(N)=O)C(=O)CCCCCCCCCCCCC. The Morgan fingerprint density at radius 1 is 0.513 bits per heavy atom. The van der Waals surface area contributed by atoms with Gasteiger partial charge in [0.15, 0.2) is 17.2 Å². The van der Waals surface area contributed by atoms with Crippen molar-refractivity contribution in [2.24, 2.45) is 5.73 Å². The molecule has 0 aliphatic heterocycles. The molecular formula is C32H61NO6. The highest BCUT2D eigenvalue weighted by molar-refractivity contribution is 6.15. The summed E-state index contributed by atoms with van der Waals surface area (Å²) in [6.07, 6.45) is 23.4. The summed E-state index contributed by atoms with van der Waals surface area (Å²) in [5.74, 6) is -3.43. The molecule has 0 aromatic heterocycles. The minimum Gasteiger partial charge on any atom is -0.393 e. The molecule has 2 atom stereocenters. The van der Waals surface area contributed by atoms with Gasteiger partial charge in [-0.25, -0.2) is 0 Å². The molecule has 5 N–H and O–H groups in total. The predicted molar refractivity (Wildman–Crippen MR) is 158 cm³/mol. The molecule has 0 aromatic rings. The molecule has 0 radical (unpaired) electrons. The summed E-state index contributed by atoms with van der Waals surface area (Å²) in [6.45, 7) is 3.17. The Balaban J connectivity index is 4.46. The number of primary amides is 1. The molecule has 7 heteroatoms. The fraction of sp³-hybridized carbons (Fsp3) is 0.906. The van der Waals surface area contributed by atoms with Gasteiger partial charge >= 0.3 is 0 Å². The number of hydrogen-bond acceptors (Lipinski definition) is 6. The summed E-state index contributed by atoms with van der Waals surface area (Å²) in [7, 11) is 0. The maximum Gasteiger partial charge on any atom is 0.260 e. The molecule has 0 saturated carbocycles. The number of aliphatic hydroxyl groups excluding tert-OH is 1. The number of amides is 1. The summed E-state index contributed by atoms with van der Waals surface area (Å²) in [4.78, 5) is 37.9. The second-order valence-electron chi connectivity index (χ2n) is 11.5. The van der Waals surface area contributed by atoms with Crippen LogP contribution in [-0.2, 0) is 14.4 Å². The summed E-state index contributed by atoms with van der Waals surface area (Å²) in [5.41, 5.74) is -0.726. The molecule has 0 fully saturated rings. The van der Waals surface area contributed by atoms with E-state index in [1.807, 2.05) is 0 Å². The van der Waals surface area contributed by atoms with Gasteiger partial charge in [-0.15, -0.1) is 0 Å². The summed E-state index contributed by atoms with van der Waals surface area (Å²) in [6, 6.07) is 0. The van der Waals surface area contributed by atoms with Crippen molar-refractivity contribution in [1.29, 1.82) is 0 Å². The van der Waals surface area contributed by atoms with E-state index in [0.29, 0.717) is 12.8 Å². The van der Waals surface area contributed by atoms with Crippen LogP contribution in [-0.4, -0.2) is 50.6 Å². The van der Waals surface area contributed by atoms with Crippen LogP contribution in [0.15, 0.2) is 0 Å². The second-order valence-corrected chi connectivity index (χ2v) is 11.5. The molecule has 0 aliphatic rings. The molecule has 230 valence electrons. The lowest BCUT2D eigenvalue weighted by molar-refractivity contribution is -0.193. The number of carbonyl (C=O) groups excluding carboxylic acids is 3. The smallest absolute Gasteiger partial charge is 0.260 e. The molecule has 0 aliphatic carbocycles. The lowest BCUT2D eigenvalue weighted by Crippen LogP contribution is -2.71. The third kappa shape index (κ3) is 14.8. The van der Waals surface area contributed by atoms with E-state index in [9.17, 15) is 29.7 Å². The van der Waals surface area contributed by atoms with Gasteiger partial charge in [0.05, 0.1) is 6.61 Å². The van der Waals surface area contributed by atoms with Gasteiger partial charge in [0.25, 0.3) is 5.91 Å². The first kappa shape index (κ1) is 37.7. The average molecular weight is 556 g/mol. The van der Waals surface area contributed by atoms with Gasteiger partial charge in [-0.2, -0.15) is 0 Å². The Hall–Kier alpha value is -1.31. The molecule has 0 spiro atoms. The number of rotatable bonds is 29. The number of nitrogens with two attached hydrogens (primary N) is 1. The predicted octanol–water partition coefficient (Wildman–Crippen LogP) is 6.47.